The first-order valence-electron chi connectivity index (χ1n) is 5.54. The zero-order chi connectivity index (χ0) is 14.0. The molecule has 0 aliphatic carbocycles. The summed E-state index contributed by atoms with van der Waals surface area (Å²) in [6, 6.07) is 9.66. The average Bonchev–Trinajstić information content (AvgIpc) is 2.33. The summed E-state index contributed by atoms with van der Waals surface area (Å²) in [6.07, 6.45) is -0.652. The molecule has 0 saturated carbocycles. The number of hydrogen-bond acceptors (Lipinski definition) is 1. The van der Waals surface area contributed by atoms with Gasteiger partial charge in [0.15, 0.2) is 0 Å². The maximum Gasteiger partial charge on any atom is 0.130 e. The highest BCUT2D eigenvalue weighted by molar-refractivity contribution is 9.10. The highest BCUT2D eigenvalue weighted by Gasteiger charge is 2.14. The highest BCUT2D eigenvalue weighted by atomic mass is 79.9. The van der Waals surface area contributed by atoms with Crippen LogP contribution in [-0.2, 0) is 6.42 Å². The summed E-state index contributed by atoms with van der Waals surface area (Å²) in [6.45, 7) is 0. The van der Waals surface area contributed by atoms with Gasteiger partial charge >= 0.3 is 0 Å². The molecule has 1 N–H and O–H groups in total. The summed E-state index contributed by atoms with van der Waals surface area (Å²) in [7, 11) is 0. The fourth-order valence-corrected chi connectivity index (χ4v) is 2.43. The second-order valence-electron chi connectivity index (χ2n) is 4.13. The quantitative estimate of drug-likeness (QED) is 0.797. The molecule has 1 atom stereocenters. The minimum Gasteiger partial charge on any atom is -0.388 e. The summed E-state index contributed by atoms with van der Waals surface area (Å²) in [5, 5.41) is 10.9. The Balaban J connectivity index is 2.20. The Hall–Kier alpha value is -0.610. The molecule has 0 bridgehead atoms. The lowest BCUT2D eigenvalue weighted by atomic mass is 10.0. The van der Waals surface area contributed by atoms with Crippen molar-refractivity contribution in [2.75, 3.05) is 0 Å². The van der Waals surface area contributed by atoms with Crippen molar-refractivity contribution >= 4 is 39.1 Å². The van der Waals surface area contributed by atoms with E-state index in [2.05, 4.69) is 15.9 Å². The third-order valence-corrected chi connectivity index (χ3v) is 3.97. The first-order valence-corrected chi connectivity index (χ1v) is 7.09. The van der Waals surface area contributed by atoms with Gasteiger partial charge in [-0.05, 0) is 29.8 Å². The monoisotopic (exact) mass is 362 g/mol. The predicted octanol–water partition coefficient (Wildman–Crippen LogP) is 5.17. The molecule has 1 unspecified atom stereocenters. The molecule has 0 heterocycles. The van der Waals surface area contributed by atoms with Gasteiger partial charge in [0.25, 0.3) is 0 Å². The van der Waals surface area contributed by atoms with Crippen molar-refractivity contribution in [3.8, 4) is 0 Å². The van der Waals surface area contributed by atoms with Gasteiger partial charge in [0, 0.05) is 16.5 Å². The van der Waals surface area contributed by atoms with Gasteiger partial charge in [-0.3, -0.25) is 0 Å². The molecule has 0 aliphatic heterocycles. The van der Waals surface area contributed by atoms with Crippen molar-refractivity contribution < 1.29 is 9.50 Å². The van der Waals surface area contributed by atoms with E-state index in [1.807, 2.05) is 0 Å². The van der Waals surface area contributed by atoms with Crippen molar-refractivity contribution in [2.24, 2.45) is 0 Å². The second-order valence-corrected chi connectivity index (χ2v) is 5.86. The fourth-order valence-electron chi connectivity index (χ4n) is 1.77. The fraction of sp³-hybridized carbons (Fsp3) is 0.143. The molecule has 0 fully saturated rings. The van der Waals surface area contributed by atoms with Crippen molar-refractivity contribution in [3.63, 3.8) is 0 Å². The molecular formula is C14H10BrCl2FO. The molecule has 1 nitrogen and oxygen atoms in total. The maximum atomic E-state index is 13.7. The van der Waals surface area contributed by atoms with Gasteiger partial charge in [0.1, 0.15) is 5.82 Å². The largest absolute Gasteiger partial charge is 0.388 e. The van der Waals surface area contributed by atoms with E-state index in [-0.39, 0.29) is 12.0 Å². The maximum absolute atomic E-state index is 13.7. The van der Waals surface area contributed by atoms with E-state index in [9.17, 15) is 9.50 Å². The van der Waals surface area contributed by atoms with E-state index < -0.39 is 11.9 Å². The second kappa shape index (κ2) is 6.23. The molecule has 0 saturated heterocycles. The summed E-state index contributed by atoms with van der Waals surface area (Å²) in [5.74, 6) is -0.443. The smallest absolute Gasteiger partial charge is 0.130 e. The van der Waals surface area contributed by atoms with Crippen molar-refractivity contribution in [2.45, 2.75) is 12.5 Å². The van der Waals surface area contributed by atoms with Crippen LogP contribution in [0.25, 0.3) is 0 Å². The number of hydrogen-bond donors (Lipinski definition) is 1. The van der Waals surface area contributed by atoms with Gasteiger partial charge in [0.2, 0.25) is 0 Å². The lowest BCUT2D eigenvalue weighted by molar-refractivity contribution is 0.173. The van der Waals surface area contributed by atoms with E-state index in [0.717, 1.165) is 5.56 Å². The van der Waals surface area contributed by atoms with Crippen molar-refractivity contribution in [3.05, 3.63) is 67.9 Å². The summed E-state index contributed by atoms with van der Waals surface area (Å²) in [4.78, 5) is 0. The SMILES string of the molecule is OC(Cc1ccc(Cl)c(Cl)c1)c1ccc(Br)cc1F. The van der Waals surface area contributed by atoms with E-state index in [1.54, 1.807) is 30.3 Å². The van der Waals surface area contributed by atoms with Crippen LogP contribution in [0.1, 0.15) is 17.2 Å². The van der Waals surface area contributed by atoms with Gasteiger partial charge in [-0.25, -0.2) is 4.39 Å². The highest BCUT2D eigenvalue weighted by Crippen LogP contribution is 2.27. The Labute approximate surface area is 129 Å². The van der Waals surface area contributed by atoms with Crippen LogP contribution in [0.2, 0.25) is 10.0 Å². The molecule has 2 aromatic rings. The van der Waals surface area contributed by atoms with Crippen molar-refractivity contribution in [1.82, 2.24) is 0 Å². The molecule has 0 amide bonds. The third kappa shape index (κ3) is 3.69. The van der Waals surface area contributed by atoms with Crippen LogP contribution in [0.4, 0.5) is 4.39 Å². The number of halogens is 4. The van der Waals surface area contributed by atoms with Crippen LogP contribution in [0.15, 0.2) is 40.9 Å². The number of aliphatic hydroxyl groups is 1. The van der Waals surface area contributed by atoms with E-state index in [1.165, 1.54) is 6.07 Å². The van der Waals surface area contributed by atoms with Crippen LogP contribution < -0.4 is 0 Å². The minimum atomic E-state index is -0.926. The van der Waals surface area contributed by atoms with Gasteiger partial charge in [-0.1, -0.05) is 51.3 Å². The molecule has 19 heavy (non-hydrogen) atoms. The van der Waals surface area contributed by atoms with Crippen LogP contribution in [-0.4, -0.2) is 5.11 Å². The molecular weight excluding hydrogens is 354 g/mol. The van der Waals surface area contributed by atoms with E-state index in [0.29, 0.717) is 14.5 Å². The zero-order valence-corrected chi connectivity index (χ0v) is 12.8. The molecule has 2 aromatic carbocycles. The molecule has 0 radical (unpaired) electrons. The Kier molecular flexibility index (Phi) is 4.85. The molecule has 2 rings (SSSR count). The average molecular weight is 364 g/mol. The first-order chi connectivity index (χ1) is 8.97. The minimum absolute atomic E-state index is 0.259. The van der Waals surface area contributed by atoms with Crippen LogP contribution >= 0.6 is 39.1 Å². The normalized spacial score (nSPS) is 12.5. The third-order valence-electron chi connectivity index (χ3n) is 2.73. The lowest BCUT2D eigenvalue weighted by Gasteiger charge is -2.13. The Morgan fingerprint density at radius 2 is 1.84 bits per heavy atom. The summed E-state index contributed by atoms with van der Waals surface area (Å²) in [5.41, 5.74) is 1.05. The van der Waals surface area contributed by atoms with Crippen molar-refractivity contribution in [1.29, 1.82) is 0 Å². The molecule has 0 aliphatic rings. The molecule has 0 aromatic heterocycles. The summed E-state index contributed by atoms with van der Waals surface area (Å²) < 4.78 is 14.3. The standard InChI is InChI=1S/C14H10BrCl2FO/c15-9-2-3-10(13(18)7-9)14(19)6-8-1-4-11(16)12(17)5-8/h1-5,7,14,19H,6H2. The van der Waals surface area contributed by atoms with Gasteiger partial charge in [0.05, 0.1) is 16.1 Å². The van der Waals surface area contributed by atoms with Crippen LogP contribution in [0, 0.1) is 5.82 Å². The Bertz CT molecular complexity index is 604. The van der Waals surface area contributed by atoms with Gasteiger partial charge < -0.3 is 5.11 Å². The van der Waals surface area contributed by atoms with Gasteiger partial charge in [-0.15, -0.1) is 0 Å². The Morgan fingerprint density at radius 3 is 2.47 bits per heavy atom. The lowest BCUT2D eigenvalue weighted by Crippen LogP contribution is -2.04. The van der Waals surface area contributed by atoms with Crippen LogP contribution in [0.3, 0.4) is 0 Å². The molecule has 100 valence electrons. The number of benzene rings is 2. The van der Waals surface area contributed by atoms with Crippen LogP contribution in [0.5, 0.6) is 0 Å². The number of rotatable bonds is 3. The predicted molar refractivity (Wildman–Crippen MR) is 79.2 cm³/mol. The number of aliphatic hydroxyl groups excluding tert-OH is 1. The Morgan fingerprint density at radius 1 is 1.11 bits per heavy atom. The van der Waals surface area contributed by atoms with Gasteiger partial charge in [-0.2, -0.15) is 0 Å². The molecule has 0 spiro atoms. The van der Waals surface area contributed by atoms with E-state index >= 15 is 0 Å². The topological polar surface area (TPSA) is 20.2 Å². The summed E-state index contributed by atoms with van der Waals surface area (Å²) >= 11 is 14.9. The zero-order valence-electron chi connectivity index (χ0n) is 9.71. The molecule has 5 heteroatoms. The van der Waals surface area contributed by atoms with E-state index in [4.69, 9.17) is 23.2 Å². The first kappa shape index (κ1) is 14.8.